The predicted octanol–water partition coefficient (Wildman–Crippen LogP) is 1.22. The van der Waals surface area contributed by atoms with Crippen molar-refractivity contribution in [2.75, 3.05) is 0 Å². The van der Waals surface area contributed by atoms with E-state index in [9.17, 15) is 9.90 Å². The summed E-state index contributed by atoms with van der Waals surface area (Å²) < 4.78 is 0. The van der Waals surface area contributed by atoms with Crippen LogP contribution in [-0.2, 0) is 4.79 Å². The summed E-state index contributed by atoms with van der Waals surface area (Å²) in [5.41, 5.74) is 0. The Hall–Kier alpha value is 0.666. The molecule has 0 unspecified atom stereocenters. The second kappa shape index (κ2) is 20.7. The molecule has 0 aromatic heterocycles. The van der Waals surface area contributed by atoms with Gasteiger partial charge in [-0.15, -0.1) is 11.8 Å². The van der Waals surface area contributed by atoms with Gasteiger partial charge < -0.3 is 9.90 Å². The summed E-state index contributed by atoms with van der Waals surface area (Å²) in [5, 5.41) is 10.2. The van der Waals surface area contributed by atoms with E-state index in [2.05, 4.69) is 18.8 Å². The molecule has 0 aliphatic rings. The van der Waals surface area contributed by atoms with E-state index in [4.69, 9.17) is 0 Å². The van der Waals surface area contributed by atoms with Gasteiger partial charge in [-0.3, -0.25) is 0 Å². The fourth-order valence-electron chi connectivity index (χ4n) is 2.18. The molecule has 0 fully saturated rings. The van der Waals surface area contributed by atoms with E-state index in [-0.39, 0.29) is 57.8 Å². The van der Waals surface area contributed by atoms with E-state index in [0.29, 0.717) is 0 Å². The Bertz CT molecular complexity index is 279. The third-order valence-corrected chi connectivity index (χ3v) is 3.46. The predicted molar refractivity (Wildman–Crippen MR) is 83.1 cm³/mol. The molecule has 0 aliphatic heterocycles. The maximum Gasteiger partial charge on any atom is 1.00 e. The molecule has 0 rings (SSSR count). The molecule has 0 aromatic carbocycles. The topological polar surface area (TPSA) is 40.1 Å². The van der Waals surface area contributed by atoms with E-state index in [1.807, 2.05) is 0 Å². The van der Waals surface area contributed by atoms with Crippen LogP contribution >= 0.6 is 0 Å². The smallest absolute Gasteiger partial charge is 0.550 e. The van der Waals surface area contributed by atoms with Crippen molar-refractivity contribution >= 4 is 5.97 Å². The van der Waals surface area contributed by atoms with Gasteiger partial charge in [0.1, 0.15) is 0 Å². The minimum atomic E-state index is -0.925. The van der Waals surface area contributed by atoms with Crippen molar-refractivity contribution in [2.45, 2.75) is 96.8 Å². The molecule has 0 atom stereocenters. The number of hydrogen-bond donors (Lipinski definition) is 0. The quantitative estimate of drug-likeness (QED) is 0.291. The number of unbranched alkanes of at least 4 members (excludes halogenated alkanes) is 11. The Morgan fingerprint density at radius 2 is 1.19 bits per heavy atom. The largest absolute Gasteiger partial charge is 1.00 e. The maximum absolute atomic E-state index is 10.2. The molecular weight excluding hydrogens is 287 g/mol. The van der Waals surface area contributed by atoms with Crippen LogP contribution < -0.4 is 56.5 Å². The number of hydrogen-bond acceptors (Lipinski definition) is 2. The van der Waals surface area contributed by atoms with Crippen LogP contribution in [0.25, 0.3) is 0 Å². The van der Waals surface area contributed by atoms with Crippen LogP contribution in [0.5, 0.6) is 0 Å². The van der Waals surface area contributed by atoms with Crippen molar-refractivity contribution in [3.63, 3.8) is 0 Å². The Labute approximate surface area is 174 Å². The first-order valence-corrected chi connectivity index (χ1v) is 8.43. The second-order valence-electron chi connectivity index (χ2n) is 5.51. The van der Waals surface area contributed by atoms with Gasteiger partial charge in [0.2, 0.25) is 0 Å². The summed E-state index contributed by atoms with van der Waals surface area (Å²) in [6.07, 6.45) is 15.4. The molecule has 2 nitrogen and oxygen atoms in total. The molecule has 0 saturated heterocycles. The molecule has 0 N–H and O–H groups in total. The van der Waals surface area contributed by atoms with Gasteiger partial charge in [0.25, 0.3) is 0 Å². The van der Waals surface area contributed by atoms with Crippen LogP contribution in [0.1, 0.15) is 96.8 Å². The normalized spacial score (nSPS) is 9.57. The molecule has 0 heterocycles. The Morgan fingerprint density at radius 3 is 1.67 bits per heavy atom. The number of carbonyl (C=O) groups is 1. The van der Waals surface area contributed by atoms with E-state index >= 15 is 0 Å². The summed E-state index contributed by atoms with van der Waals surface area (Å²) in [6, 6.07) is 0. The number of carbonyl (C=O) groups excluding carboxylic acids is 1. The van der Waals surface area contributed by atoms with Crippen LogP contribution in [0.4, 0.5) is 0 Å². The molecule has 0 spiro atoms. The van der Waals surface area contributed by atoms with Crippen LogP contribution in [0.3, 0.4) is 0 Å². The first-order chi connectivity index (χ1) is 9.77. The van der Waals surface area contributed by atoms with Crippen LogP contribution in [-0.4, -0.2) is 5.97 Å². The molecule has 0 aliphatic carbocycles. The fourth-order valence-corrected chi connectivity index (χ4v) is 2.18. The number of rotatable bonds is 13. The summed E-state index contributed by atoms with van der Waals surface area (Å²) in [6.45, 7) is 2.24. The molecule has 3 heteroatoms. The minimum absolute atomic E-state index is 0. The number of aliphatic carboxylic acids is 1. The van der Waals surface area contributed by atoms with Crippen LogP contribution in [0, 0.1) is 11.8 Å². The number of carboxylic acids is 1. The standard InChI is InChI=1S/C18H32O2.K/c1-2-3-4-5-6-7-8-9-10-11-12-13-14-15-16-17-18(19)20;/h2-8,11-17H2,1H3,(H,19,20);/q;+1/p-1. The summed E-state index contributed by atoms with van der Waals surface area (Å²) >= 11 is 0. The van der Waals surface area contributed by atoms with Crippen molar-refractivity contribution in [3.8, 4) is 11.8 Å². The minimum Gasteiger partial charge on any atom is -0.550 e. The summed E-state index contributed by atoms with van der Waals surface area (Å²) in [7, 11) is 0. The van der Waals surface area contributed by atoms with Crippen molar-refractivity contribution in [3.05, 3.63) is 0 Å². The van der Waals surface area contributed by atoms with Crippen LogP contribution in [0.2, 0.25) is 0 Å². The van der Waals surface area contributed by atoms with Gasteiger partial charge in [-0.25, -0.2) is 0 Å². The van der Waals surface area contributed by atoms with Gasteiger partial charge in [-0.05, 0) is 25.7 Å². The van der Waals surface area contributed by atoms with E-state index in [0.717, 1.165) is 38.5 Å². The van der Waals surface area contributed by atoms with E-state index < -0.39 is 5.97 Å². The monoisotopic (exact) mass is 318 g/mol. The molecule has 0 saturated carbocycles. The molecule has 0 radical (unpaired) electrons. The molecule has 21 heavy (non-hydrogen) atoms. The summed E-state index contributed by atoms with van der Waals surface area (Å²) in [4.78, 5) is 10.2. The molecule has 0 amide bonds. The third kappa shape index (κ3) is 23.1. The zero-order chi connectivity index (χ0) is 14.9. The van der Waals surface area contributed by atoms with Gasteiger partial charge in [0.05, 0.1) is 0 Å². The van der Waals surface area contributed by atoms with Crippen LogP contribution in [0.15, 0.2) is 0 Å². The average Bonchev–Trinajstić information content (AvgIpc) is 2.43. The average molecular weight is 319 g/mol. The first kappa shape index (κ1) is 23.9. The zero-order valence-corrected chi connectivity index (χ0v) is 17.3. The van der Waals surface area contributed by atoms with Crippen molar-refractivity contribution in [1.29, 1.82) is 0 Å². The Morgan fingerprint density at radius 1 is 0.762 bits per heavy atom. The van der Waals surface area contributed by atoms with Gasteiger partial charge in [0.15, 0.2) is 0 Å². The Balaban J connectivity index is 0. The fraction of sp³-hybridized carbons (Fsp3) is 0.833. The van der Waals surface area contributed by atoms with Gasteiger partial charge in [-0.1, -0.05) is 58.3 Å². The van der Waals surface area contributed by atoms with Gasteiger partial charge >= 0.3 is 51.4 Å². The Kier molecular flexibility index (Phi) is 23.5. The van der Waals surface area contributed by atoms with Crippen molar-refractivity contribution < 1.29 is 61.3 Å². The second-order valence-corrected chi connectivity index (χ2v) is 5.51. The van der Waals surface area contributed by atoms with E-state index in [1.165, 1.54) is 44.9 Å². The van der Waals surface area contributed by atoms with Crippen molar-refractivity contribution in [2.24, 2.45) is 0 Å². The molecule has 116 valence electrons. The summed E-state index contributed by atoms with van der Waals surface area (Å²) in [5.74, 6) is 5.57. The SMILES string of the molecule is CCCCCCCCC#CCCCCCCCC(=O)[O-].[K+]. The molecule has 0 aromatic rings. The van der Waals surface area contributed by atoms with Gasteiger partial charge in [0, 0.05) is 18.8 Å². The van der Waals surface area contributed by atoms with Gasteiger partial charge in [-0.2, -0.15) is 0 Å². The number of carboxylic acid groups (broad SMARTS) is 1. The molecular formula is C18H31KO2. The maximum atomic E-state index is 10.2. The molecule has 0 bridgehead atoms. The third-order valence-electron chi connectivity index (χ3n) is 3.46. The van der Waals surface area contributed by atoms with Crippen molar-refractivity contribution in [1.82, 2.24) is 0 Å². The first-order valence-electron chi connectivity index (χ1n) is 8.43. The van der Waals surface area contributed by atoms with E-state index in [1.54, 1.807) is 0 Å². The zero-order valence-electron chi connectivity index (χ0n) is 14.2.